The second-order valence-corrected chi connectivity index (χ2v) is 10.1. The summed E-state index contributed by atoms with van der Waals surface area (Å²) in [4.78, 5) is 33.6. The molecule has 198 valence electrons. The van der Waals surface area contributed by atoms with E-state index in [1.807, 2.05) is 24.4 Å². The first kappa shape index (κ1) is 26.7. The van der Waals surface area contributed by atoms with Crippen LogP contribution in [0, 0.1) is 5.82 Å². The van der Waals surface area contributed by atoms with Crippen LogP contribution in [0.15, 0.2) is 54.7 Å². The molecular weight excluding hydrogens is 467 g/mol. The molecule has 1 aliphatic rings. The third-order valence-electron chi connectivity index (χ3n) is 7.29. The van der Waals surface area contributed by atoms with Crippen LogP contribution in [0.4, 0.5) is 9.18 Å². The van der Waals surface area contributed by atoms with Crippen LogP contribution < -0.4 is 5.32 Å². The molecule has 4 rings (SSSR count). The third kappa shape index (κ3) is 7.57. The topological polar surface area (TPSA) is 68.4 Å². The summed E-state index contributed by atoms with van der Waals surface area (Å²) in [5.74, 6) is -0.399. The number of carbonyl (C=O) groups excluding carboxylic acids is 2. The minimum Gasteiger partial charge on any atom is -0.361 e. The number of fused-ring (bicyclic) bond motifs is 1. The quantitative estimate of drug-likeness (QED) is 0.334. The summed E-state index contributed by atoms with van der Waals surface area (Å²) in [5, 5.41) is 4.32. The Morgan fingerprint density at radius 2 is 1.76 bits per heavy atom. The van der Waals surface area contributed by atoms with Gasteiger partial charge in [-0.2, -0.15) is 0 Å². The van der Waals surface area contributed by atoms with E-state index in [2.05, 4.69) is 23.3 Å². The molecule has 1 fully saturated rings. The number of rotatable bonds is 11. The highest BCUT2D eigenvalue weighted by atomic mass is 19.1. The second kappa shape index (κ2) is 13.3. The average molecular weight is 507 g/mol. The second-order valence-electron chi connectivity index (χ2n) is 10.1. The van der Waals surface area contributed by atoms with E-state index < -0.39 is 0 Å². The normalized spacial score (nSPS) is 14.0. The summed E-state index contributed by atoms with van der Waals surface area (Å²) >= 11 is 0. The van der Waals surface area contributed by atoms with Crippen molar-refractivity contribution in [1.82, 2.24) is 20.1 Å². The fourth-order valence-electron chi connectivity index (χ4n) is 5.07. The van der Waals surface area contributed by atoms with Crippen molar-refractivity contribution in [3.63, 3.8) is 0 Å². The largest absolute Gasteiger partial charge is 0.361 e. The smallest absolute Gasteiger partial charge is 0.318 e. The Morgan fingerprint density at radius 1 is 1.00 bits per heavy atom. The lowest BCUT2D eigenvalue weighted by Crippen LogP contribution is -2.50. The number of nitrogens with one attached hydrogen (secondary N) is 2. The summed E-state index contributed by atoms with van der Waals surface area (Å²) in [6.07, 6.45) is 9.97. The molecule has 6 nitrogen and oxygen atoms in total. The number of hydrogen-bond donors (Lipinski definition) is 2. The van der Waals surface area contributed by atoms with Gasteiger partial charge < -0.3 is 20.1 Å². The lowest BCUT2D eigenvalue weighted by atomic mass is 9.96. The monoisotopic (exact) mass is 506 g/mol. The minimum absolute atomic E-state index is 0.0353. The van der Waals surface area contributed by atoms with Gasteiger partial charge in [0.1, 0.15) is 12.4 Å². The van der Waals surface area contributed by atoms with Gasteiger partial charge in [0, 0.05) is 42.8 Å². The first-order valence-corrected chi connectivity index (χ1v) is 13.7. The highest BCUT2D eigenvalue weighted by molar-refractivity contribution is 5.85. The molecule has 0 atom stereocenters. The van der Waals surface area contributed by atoms with E-state index in [0.717, 1.165) is 60.6 Å². The van der Waals surface area contributed by atoms with E-state index in [4.69, 9.17) is 0 Å². The van der Waals surface area contributed by atoms with Crippen molar-refractivity contribution in [1.29, 1.82) is 0 Å². The Morgan fingerprint density at radius 3 is 2.51 bits per heavy atom. The number of carbonyl (C=O) groups is 2. The maximum Gasteiger partial charge on any atom is 0.318 e. The van der Waals surface area contributed by atoms with Crippen molar-refractivity contribution < 1.29 is 14.0 Å². The number of para-hydroxylation sites is 1. The molecule has 0 spiro atoms. The van der Waals surface area contributed by atoms with Gasteiger partial charge in [0.15, 0.2) is 0 Å². The van der Waals surface area contributed by atoms with Crippen molar-refractivity contribution in [3.8, 4) is 0 Å². The molecule has 0 unspecified atom stereocenters. The van der Waals surface area contributed by atoms with Gasteiger partial charge >= 0.3 is 6.03 Å². The first-order valence-electron chi connectivity index (χ1n) is 13.7. The molecule has 3 amide bonds. The van der Waals surface area contributed by atoms with E-state index in [9.17, 15) is 14.0 Å². The van der Waals surface area contributed by atoms with Crippen molar-refractivity contribution >= 4 is 22.8 Å². The van der Waals surface area contributed by atoms with Gasteiger partial charge in [-0.3, -0.25) is 4.79 Å². The fourth-order valence-corrected chi connectivity index (χ4v) is 5.07. The zero-order valence-electron chi connectivity index (χ0n) is 21.8. The van der Waals surface area contributed by atoms with Gasteiger partial charge in [0.05, 0.1) is 0 Å². The van der Waals surface area contributed by atoms with Gasteiger partial charge in [-0.15, -0.1) is 0 Å². The summed E-state index contributed by atoms with van der Waals surface area (Å²) in [6.45, 7) is 3.54. The number of unbranched alkanes of at least 4 members (excludes halogenated alkanes) is 1. The summed E-state index contributed by atoms with van der Waals surface area (Å²) in [5.41, 5.74) is 3.07. The molecule has 1 heterocycles. The van der Waals surface area contributed by atoms with Gasteiger partial charge in [0.2, 0.25) is 5.91 Å². The molecule has 0 saturated heterocycles. The molecule has 3 aromatic rings. The Bertz CT molecular complexity index is 1150. The highest BCUT2D eigenvalue weighted by Gasteiger charge is 2.24. The minimum atomic E-state index is -0.300. The number of amides is 3. The molecule has 0 radical (unpaired) electrons. The Labute approximate surface area is 219 Å². The molecule has 1 aromatic heterocycles. The molecule has 0 aliphatic heterocycles. The number of aromatic nitrogens is 1. The molecule has 37 heavy (non-hydrogen) atoms. The average Bonchev–Trinajstić information content (AvgIpc) is 3.33. The van der Waals surface area contributed by atoms with Crippen molar-refractivity contribution in [2.75, 3.05) is 19.6 Å². The lowest BCUT2D eigenvalue weighted by Gasteiger charge is -2.30. The van der Waals surface area contributed by atoms with Gasteiger partial charge in [-0.25, -0.2) is 9.18 Å². The number of H-pyrrole nitrogens is 1. The van der Waals surface area contributed by atoms with E-state index >= 15 is 0 Å². The summed E-state index contributed by atoms with van der Waals surface area (Å²) in [7, 11) is 0. The van der Waals surface area contributed by atoms with E-state index in [1.165, 1.54) is 18.6 Å². The number of benzene rings is 2. The highest BCUT2D eigenvalue weighted by Crippen LogP contribution is 2.20. The summed E-state index contributed by atoms with van der Waals surface area (Å²) in [6, 6.07) is 14.4. The zero-order chi connectivity index (χ0) is 26.0. The van der Waals surface area contributed by atoms with Crippen molar-refractivity contribution in [2.45, 2.75) is 70.9 Å². The van der Waals surface area contributed by atoms with Gasteiger partial charge in [-0.1, -0.05) is 62.9 Å². The maximum absolute atomic E-state index is 13.6. The maximum atomic E-state index is 13.6. The molecule has 1 aliphatic carbocycles. The van der Waals surface area contributed by atoms with Crippen LogP contribution in [0.25, 0.3) is 10.9 Å². The number of nitrogens with zero attached hydrogens (tertiary/aromatic N) is 2. The molecular formula is C30H39FN4O2. The molecule has 2 N–H and O–H groups in total. The number of aromatic amines is 1. The SMILES string of the molecule is CCCCN(CC(=O)N(CCc1c[nH]c2ccccc12)Cc1ccc(F)cc1)C(=O)NC1CCCCC1. The van der Waals surface area contributed by atoms with Crippen LogP contribution in [0.5, 0.6) is 0 Å². The lowest BCUT2D eigenvalue weighted by molar-refractivity contribution is -0.132. The zero-order valence-corrected chi connectivity index (χ0v) is 21.8. The Kier molecular flexibility index (Phi) is 9.58. The summed E-state index contributed by atoms with van der Waals surface area (Å²) < 4.78 is 13.5. The molecule has 1 saturated carbocycles. The van der Waals surface area contributed by atoms with Crippen molar-refractivity contribution in [3.05, 3.63) is 71.7 Å². The van der Waals surface area contributed by atoms with Crippen LogP contribution in [-0.4, -0.2) is 52.4 Å². The van der Waals surface area contributed by atoms with Crippen LogP contribution in [0.2, 0.25) is 0 Å². The van der Waals surface area contributed by atoms with Crippen LogP contribution in [0.3, 0.4) is 0 Å². The van der Waals surface area contributed by atoms with Gasteiger partial charge in [-0.05, 0) is 55.0 Å². The van der Waals surface area contributed by atoms with E-state index in [1.54, 1.807) is 21.9 Å². The van der Waals surface area contributed by atoms with Gasteiger partial charge in [0.25, 0.3) is 0 Å². The number of halogens is 1. The fraction of sp³-hybridized carbons (Fsp3) is 0.467. The molecule has 2 aromatic carbocycles. The predicted molar refractivity (Wildman–Crippen MR) is 146 cm³/mol. The predicted octanol–water partition coefficient (Wildman–Crippen LogP) is 6.02. The van der Waals surface area contributed by atoms with Crippen LogP contribution >= 0.6 is 0 Å². The van der Waals surface area contributed by atoms with E-state index in [0.29, 0.717) is 26.1 Å². The van der Waals surface area contributed by atoms with Crippen LogP contribution in [0.1, 0.15) is 63.0 Å². The standard InChI is InChI=1S/C30H39FN4O2/c1-2-3-18-35(30(37)33-26-9-5-4-6-10-26)22-29(36)34(21-23-13-15-25(31)16-14-23)19-17-24-20-32-28-12-8-7-11-27(24)28/h7-8,11-16,20,26,32H,2-6,9-10,17-19,21-22H2,1H3,(H,33,37). The van der Waals surface area contributed by atoms with E-state index in [-0.39, 0.29) is 30.3 Å². The Hall–Kier alpha value is -3.35. The van der Waals surface area contributed by atoms with Crippen LogP contribution in [-0.2, 0) is 17.8 Å². The first-order chi connectivity index (χ1) is 18.0. The number of urea groups is 1. The van der Waals surface area contributed by atoms with Crippen molar-refractivity contribution in [2.24, 2.45) is 0 Å². The number of hydrogen-bond acceptors (Lipinski definition) is 2. The third-order valence-corrected chi connectivity index (χ3v) is 7.29. The Balaban J connectivity index is 1.47. The molecule has 0 bridgehead atoms. The molecule has 7 heteroatoms.